The maximum Gasteiger partial charge on any atom is 0.181 e. The van der Waals surface area contributed by atoms with E-state index in [1.54, 1.807) is 20.8 Å². The number of halogens is 3. The minimum absolute atomic E-state index is 0.0511. The molecule has 29 heavy (non-hydrogen) atoms. The van der Waals surface area contributed by atoms with Gasteiger partial charge in [-0.1, -0.05) is 26.8 Å². The molecule has 0 N–H and O–H groups in total. The number of hydrogen-bond donors (Lipinski definition) is 0. The molecule has 2 aromatic rings. The molecule has 0 spiro atoms. The molecular formula is C20H23F3O4S2. The fourth-order valence-electron chi connectivity index (χ4n) is 2.96. The standard InChI is InChI=1S/C20H23F3O4S2/c1-12(2)16-10-19(23)20(11-18(16)22)29(26,27)8-7-13(3)15-6-5-14(9-17(15)21)28(4,24)25/h5-6,9-13H,7-8H2,1-4H3. The summed E-state index contributed by atoms with van der Waals surface area (Å²) in [6.45, 7) is 4.90. The van der Waals surface area contributed by atoms with Crippen LogP contribution < -0.4 is 0 Å². The van der Waals surface area contributed by atoms with Crippen molar-refractivity contribution in [3.05, 3.63) is 58.9 Å². The number of benzene rings is 2. The van der Waals surface area contributed by atoms with Crippen LogP contribution in [-0.4, -0.2) is 28.8 Å². The summed E-state index contributed by atoms with van der Waals surface area (Å²) < 4.78 is 90.7. The molecule has 9 heteroatoms. The van der Waals surface area contributed by atoms with Crippen LogP contribution in [0.3, 0.4) is 0 Å². The van der Waals surface area contributed by atoms with Crippen molar-refractivity contribution >= 4 is 19.7 Å². The van der Waals surface area contributed by atoms with Crippen molar-refractivity contribution in [1.29, 1.82) is 0 Å². The molecule has 160 valence electrons. The maximum atomic E-state index is 14.3. The molecule has 2 rings (SSSR count). The highest BCUT2D eigenvalue weighted by Crippen LogP contribution is 2.29. The van der Waals surface area contributed by atoms with Gasteiger partial charge < -0.3 is 0 Å². The smallest absolute Gasteiger partial charge is 0.181 e. The predicted molar refractivity (Wildman–Crippen MR) is 105 cm³/mol. The molecule has 0 aromatic heterocycles. The molecule has 2 aromatic carbocycles. The summed E-state index contributed by atoms with van der Waals surface area (Å²) in [5.41, 5.74) is 0.234. The van der Waals surface area contributed by atoms with Gasteiger partial charge in [-0.25, -0.2) is 30.0 Å². The lowest BCUT2D eigenvalue weighted by atomic mass is 9.98. The monoisotopic (exact) mass is 448 g/mol. The van der Waals surface area contributed by atoms with Gasteiger partial charge in [0.05, 0.1) is 10.6 Å². The third-order valence-electron chi connectivity index (χ3n) is 4.76. The third kappa shape index (κ3) is 5.39. The number of sulfone groups is 2. The first-order valence-corrected chi connectivity index (χ1v) is 12.5. The molecule has 4 nitrogen and oxygen atoms in total. The molecule has 0 aliphatic carbocycles. The van der Waals surface area contributed by atoms with Gasteiger partial charge in [0.2, 0.25) is 0 Å². The first-order valence-electron chi connectivity index (χ1n) is 8.95. The Morgan fingerprint density at radius 2 is 1.41 bits per heavy atom. The molecule has 0 saturated carbocycles. The quantitative estimate of drug-likeness (QED) is 0.621. The van der Waals surface area contributed by atoms with E-state index < -0.39 is 53.7 Å². The fraction of sp³-hybridized carbons (Fsp3) is 0.400. The fourth-order valence-corrected chi connectivity index (χ4v) is 5.12. The molecule has 0 radical (unpaired) electrons. The van der Waals surface area contributed by atoms with E-state index in [1.165, 1.54) is 12.1 Å². The van der Waals surface area contributed by atoms with Crippen molar-refractivity contribution in [3.8, 4) is 0 Å². The Kier molecular flexibility index (Phi) is 6.84. The first kappa shape index (κ1) is 23.4. The Morgan fingerprint density at radius 1 is 0.828 bits per heavy atom. The van der Waals surface area contributed by atoms with Crippen molar-refractivity contribution in [2.45, 2.75) is 48.8 Å². The van der Waals surface area contributed by atoms with E-state index in [4.69, 9.17) is 0 Å². The highest BCUT2D eigenvalue weighted by atomic mass is 32.2. The van der Waals surface area contributed by atoms with Crippen LogP contribution >= 0.6 is 0 Å². The van der Waals surface area contributed by atoms with Gasteiger partial charge in [-0.05, 0) is 53.6 Å². The Labute approximate surface area is 169 Å². The average molecular weight is 449 g/mol. The maximum absolute atomic E-state index is 14.3. The van der Waals surface area contributed by atoms with Crippen molar-refractivity contribution in [2.75, 3.05) is 12.0 Å². The van der Waals surface area contributed by atoms with Crippen molar-refractivity contribution < 1.29 is 30.0 Å². The minimum Gasteiger partial charge on any atom is -0.224 e. The molecule has 0 saturated heterocycles. The first-order chi connectivity index (χ1) is 13.2. The van der Waals surface area contributed by atoms with E-state index in [0.29, 0.717) is 6.07 Å². The summed E-state index contributed by atoms with van der Waals surface area (Å²) in [7, 11) is -7.71. The summed E-state index contributed by atoms with van der Waals surface area (Å²) in [4.78, 5) is -0.902. The van der Waals surface area contributed by atoms with Crippen LogP contribution in [-0.2, 0) is 19.7 Å². The summed E-state index contributed by atoms with van der Waals surface area (Å²) in [5.74, 6) is -3.99. The topological polar surface area (TPSA) is 68.3 Å². The predicted octanol–water partition coefficient (Wildman–Crippen LogP) is 4.60. The zero-order chi connectivity index (χ0) is 22.1. The molecule has 1 unspecified atom stereocenters. The third-order valence-corrected chi connectivity index (χ3v) is 7.63. The highest BCUT2D eigenvalue weighted by molar-refractivity contribution is 7.91. The SMILES string of the molecule is CC(C)c1cc(F)c(S(=O)(=O)CCC(C)c2ccc(S(C)(=O)=O)cc2F)cc1F. The van der Waals surface area contributed by atoms with E-state index in [2.05, 4.69) is 0 Å². The second-order valence-corrected chi connectivity index (χ2v) is 11.5. The van der Waals surface area contributed by atoms with Crippen molar-refractivity contribution in [3.63, 3.8) is 0 Å². The molecule has 1 atom stereocenters. The lowest BCUT2D eigenvalue weighted by molar-refractivity contribution is 0.537. The van der Waals surface area contributed by atoms with Crippen LogP contribution in [0, 0.1) is 17.5 Å². The zero-order valence-corrected chi connectivity index (χ0v) is 18.2. The van der Waals surface area contributed by atoms with Crippen LogP contribution in [0.15, 0.2) is 40.1 Å². The summed E-state index contributed by atoms with van der Waals surface area (Å²) in [6.07, 6.45) is 0.903. The normalized spacial score (nSPS) is 13.7. The molecule has 0 fully saturated rings. The summed E-state index contributed by atoms with van der Waals surface area (Å²) >= 11 is 0. The lowest BCUT2D eigenvalue weighted by Crippen LogP contribution is -2.13. The van der Waals surface area contributed by atoms with Gasteiger partial charge in [-0.2, -0.15) is 0 Å². The van der Waals surface area contributed by atoms with Crippen LogP contribution in [0.4, 0.5) is 13.2 Å². The number of rotatable bonds is 7. The summed E-state index contributed by atoms with van der Waals surface area (Å²) in [5, 5.41) is 0. The molecule has 0 heterocycles. The van der Waals surface area contributed by atoms with E-state index in [9.17, 15) is 30.0 Å². The molecular weight excluding hydrogens is 425 g/mol. The summed E-state index contributed by atoms with van der Waals surface area (Å²) in [6, 6.07) is 5.00. The van der Waals surface area contributed by atoms with E-state index in [0.717, 1.165) is 18.4 Å². The molecule has 0 amide bonds. The second-order valence-electron chi connectivity index (χ2n) is 7.42. The Morgan fingerprint density at radius 3 is 1.93 bits per heavy atom. The van der Waals surface area contributed by atoms with Gasteiger partial charge in [0.1, 0.15) is 22.3 Å². The van der Waals surface area contributed by atoms with Crippen LogP contribution in [0.2, 0.25) is 0 Å². The van der Waals surface area contributed by atoms with Gasteiger partial charge in [-0.15, -0.1) is 0 Å². The van der Waals surface area contributed by atoms with Gasteiger partial charge >= 0.3 is 0 Å². The second kappa shape index (κ2) is 8.47. The van der Waals surface area contributed by atoms with E-state index >= 15 is 0 Å². The molecule has 0 aliphatic rings. The van der Waals surface area contributed by atoms with E-state index in [-0.39, 0.29) is 28.4 Å². The average Bonchev–Trinajstić information content (AvgIpc) is 2.60. The highest BCUT2D eigenvalue weighted by Gasteiger charge is 2.24. The Balaban J connectivity index is 2.24. The largest absolute Gasteiger partial charge is 0.224 e. The van der Waals surface area contributed by atoms with Crippen LogP contribution in [0.1, 0.15) is 50.2 Å². The Hall–Kier alpha value is -1.87. The number of hydrogen-bond acceptors (Lipinski definition) is 4. The minimum atomic E-state index is -4.14. The van der Waals surface area contributed by atoms with Crippen LogP contribution in [0.5, 0.6) is 0 Å². The van der Waals surface area contributed by atoms with Gasteiger partial charge in [0.25, 0.3) is 0 Å². The van der Waals surface area contributed by atoms with Crippen molar-refractivity contribution in [1.82, 2.24) is 0 Å². The Bertz CT molecular complexity index is 1120. The lowest BCUT2D eigenvalue weighted by Gasteiger charge is -2.15. The molecule has 0 aliphatic heterocycles. The van der Waals surface area contributed by atoms with Gasteiger partial charge in [0.15, 0.2) is 19.7 Å². The zero-order valence-electron chi connectivity index (χ0n) is 16.5. The van der Waals surface area contributed by atoms with E-state index in [1.807, 2.05) is 0 Å². The van der Waals surface area contributed by atoms with Crippen LogP contribution in [0.25, 0.3) is 0 Å². The van der Waals surface area contributed by atoms with Crippen molar-refractivity contribution in [2.24, 2.45) is 0 Å². The van der Waals surface area contributed by atoms with Gasteiger partial charge in [-0.3, -0.25) is 0 Å². The molecule has 0 bridgehead atoms. The van der Waals surface area contributed by atoms with Gasteiger partial charge in [0, 0.05) is 6.26 Å².